The van der Waals surface area contributed by atoms with Gasteiger partial charge >= 0.3 is 0 Å². The summed E-state index contributed by atoms with van der Waals surface area (Å²) in [6.45, 7) is 1.81. The van der Waals surface area contributed by atoms with Crippen molar-refractivity contribution in [1.82, 2.24) is 14.8 Å². The fraction of sp³-hybridized carbons (Fsp3) is 0.105. The smallest absolute Gasteiger partial charge is 0.255 e. The van der Waals surface area contributed by atoms with Gasteiger partial charge in [0.15, 0.2) is 0 Å². The van der Waals surface area contributed by atoms with Gasteiger partial charge in [0.2, 0.25) is 5.95 Å². The van der Waals surface area contributed by atoms with Crippen LogP contribution >= 0.6 is 11.6 Å². The van der Waals surface area contributed by atoms with Gasteiger partial charge in [-0.05, 0) is 48.9 Å². The SMILES string of the molecule is CC1=C(C(=O)Nc2ccc(Cl)cc2)C(c2cccc(O)c2)n2ncnc2N1. The maximum atomic E-state index is 13.1. The van der Waals surface area contributed by atoms with Crippen LogP contribution < -0.4 is 10.6 Å². The van der Waals surface area contributed by atoms with Crippen molar-refractivity contribution >= 4 is 29.1 Å². The average Bonchev–Trinajstić information content (AvgIpc) is 3.10. The Labute approximate surface area is 160 Å². The molecule has 1 aromatic heterocycles. The molecule has 1 atom stereocenters. The lowest BCUT2D eigenvalue weighted by molar-refractivity contribution is -0.113. The predicted octanol–water partition coefficient (Wildman–Crippen LogP) is 3.56. The molecule has 8 heteroatoms. The Morgan fingerprint density at radius 2 is 2.04 bits per heavy atom. The molecule has 7 nitrogen and oxygen atoms in total. The molecular formula is C19H16ClN5O2. The first-order chi connectivity index (χ1) is 13.0. The van der Waals surface area contributed by atoms with E-state index >= 15 is 0 Å². The highest BCUT2D eigenvalue weighted by atomic mass is 35.5. The molecule has 0 fully saturated rings. The van der Waals surface area contributed by atoms with E-state index < -0.39 is 6.04 Å². The Kier molecular flexibility index (Phi) is 4.29. The van der Waals surface area contributed by atoms with Crippen molar-refractivity contribution < 1.29 is 9.90 Å². The highest BCUT2D eigenvalue weighted by Crippen LogP contribution is 2.36. The normalized spacial score (nSPS) is 15.9. The summed E-state index contributed by atoms with van der Waals surface area (Å²) in [5.41, 5.74) is 2.50. The molecule has 1 aliphatic heterocycles. The zero-order valence-electron chi connectivity index (χ0n) is 14.3. The lowest BCUT2D eigenvalue weighted by Crippen LogP contribution is -2.31. The molecular weight excluding hydrogens is 366 g/mol. The van der Waals surface area contributed by atoms with Crippen LogP contribution in [-0.4, -0.2) is 25.8 Å². The maximum absolute atomic E-state index is 13.1. The van der Waals surface area contributed by atoms with Gasteiger partial charge in [-0.2, -0.15) is 10.1 Å². The van der Waals surface area contributed by atoms with E-state index in [2.05, 4.69) is 20.7 Å². The van der Waals surface area contributed by atoms with Crippen molar-refractivity contribution in [2.45, 2.75) is 13.0 Å². The summed E-state index contributed by atoms with van der Waals surface area (Å²) in [4.78, 5) is 17.3. The molecule has 0 saturated carbocycles. The Morgan fingerprint density at radius 3 is 2.78 bits per heavy atom. The van der Waals surface area contributed by atoms with Gasteiger partial charge in [0.25, 0.3) is 5.91 Å². The Morgan fingerprint density at radius 1 is 1.26 bits per heavy atom. The molecule has 0 saturated heterocycles. The molecule has 3 N–H and O–H groups in total. The highest BCUT2D eigenvalue weighted by Gasteiger charge is 2.33. The number of hydrogen-bond donors (Lipinski definition) is 3. The number of phenolic OH excluding ortho intramolecular Hbond substituents is 1. The van der Waals surface area contributed by atoms with Crippen molar-refractivity contribution in [3.05, 3.63) is 76.7 Å². The van der Waals surface area contributed by atoms with Gasteiger partial charge in [0.05, 0.1) is 5.57 Å². The van der Waals surface area contributed by atoms with Gasteiger partial charge in [-0.25, -0.2) is 4.68 Å². The van der Waals surface area contributed by atoms with Gasteiger partial charge in [-0.15, -0.1) is 0 Å². The van der Waals surface area contributed by atoms with Crippen LogP contribution in [0.2, 0.25) is 5.02 Å². The third-order valence-corrected chi connectivity index (χ3v) is 4.58. The van der Waals surface area contributed by atoms with Gasteiger partial charge in [-0.1, -0.05) is 23.7 Å². The number of allylic oxidation sites excluding steroid dienone is 1. The van der Waals surface area contributed by atoms with Crippen LogP contribution in [0.1, 0.15) is 18.5 Å². The summed E-state index contributed by atoms with van der Waals surface area (Å²) in [6, 6.07) is 13.1. The number of carbonyl (C=O) groups is 1. The molecule has 0 radical (unpaired) electrons. The third kappa shape index (κ3) is 3.24. The minimum Gasteiger partial charge on any atom is -0.508 e. The number of phenols is 1. The lowest BCUT2D eigenvalue weighted by atomic mass is 9.95. The first kappa shape index (κ1) is 17.1. The number of aromatic hydroxyl groups is 1. The summed E-state index contributed by atoms with van der Waals surface area (Å²) >= 11 is 5.91. The fourth-order valence-electron chi connectivity index (χ4n) is 3.12. The molecule has 2 aromatic carbocycles. The lowest BCUT2D eigenvalue weighted by Gasteiger charge is -2.28. The highest BCUT2D eigenvalue weighted by molar-refractivity contribution is 6.30. The van der Waals surface area contributed by atoms with Crippen LogP contribution in [0.15, 0.2) is 66.1 Å². The largest absolute Gasteiger partial charge is 0.508 e. The summed E-state index contributed by atoms with van der Waals surface area (Å²) in [7, 11) is 0. The van der Waals surface area contributed by atoms with Gasteiger partial charge in [0.1, 0.15) is 18.1 Å². The average molecular weight is 382 g/mol. The van der Waals surface area contributed by atoms with Crippen LogP contribution in [-0.2, 0) is 4.79 Å². The van der Waals surface area contributed by atoms with Crippen molar-refractivity contribution in [1.29, 1.82) is 0 Å². The van der Waals surface area contributed by atoms with E-state index in [1.807, 2.05) is 13.0 Å². The van der Waals surface area contributed by atoms with E-state index in [1.54, 1.807) is 47.1 Å². The van der Waals surface area contributed by atoms with Crippen molar-refractivity contribution in [2.75, 3.05) is 10.6 Å². The monoisotopic (exact) mass is 381 g/mol. The molecule has 27 heavy (non-hydrogen) atoms. The van der Waals surface area contributed by atoms with Crippen LogP contribution in [0.5, 0.6) is 5.75 Å². The predicted molar refractivity (Wildman–Crippen MR) is 103 cm³/mol. The van der Waals surface area contributed by atoms with Crippen molar-refractivity contribution in [3.8, 4) is 5.75 Å². The number of amides is 1. The second-order valence-electron chi connectivity index (χ2n) is 6.15. The number of hydrogen-bond acceptors (Lipinski definition) is 5. The van der Waals surface area contributed by atoms with E-state index in [4.69, 9.17) is 11.6 Å². The first-order valence-corrected chi connectivity index (χ1v) is 8.64. The van der Waals surface area contributed by atoms with Gasteiger partial charge < -0.3 is 15.7 Å². The van der Waals surface area contributed by atoms with Gasteiger partial charge in [0, 0.05) is 16.4 Å². The Bertz CT molecular complexity index is 1040. The minimum absolute atomic E-state index is 0.114. The Balaban J connectivity index is 1.76. The summed E-state index contributed by atoms with van der Waals surface area (Å²) in [6.07, 6.45) is 1.42. The number of rotatable bonds is 3. The zero-order chi connectivity index (χ0) is 19.0. The number of carbonyl (C=O) groups excluding carboxylic acids is 1. The van der Waals surface area contributed by atoms with Crippen LogP contribution in [0, 0.1) is 0 Å². The van der Waals surface area contributed by atoms with Crippen molar-refractivity contribution in [2.24, 2.45) is 0 Å². The molecule has 4 rings (SSSR count). The van der Waals surface area contributed by atoms with E-state index in [1.165, 1.54) is 6.33 Å². The topological polar surface area (TPSA) is 92.1 Å². The van der Waals surface area contributed by atoms with Crippen LogP contribution in [0.3, 0.4) is 0 Å². The molecule has 2 heterocycles. The molecule has 1 amide bonds. The van der Waals surface area contributed by atoms with Gasteiger partial charge in [-0.3, -0.25) is 4.79 Å². The molecule has 0 aliphatic carbocycles. The molecule has 0 spiro atoms. The maximum Gasteiger partial charge on any atom is 0.255 e. The molecule has 136 valence electrons. The fourth-order valence-corrected chi connectivity index (χ4v) is 3.25. The Hall–Kier alpha value is -3.32. The molecule has 0 bridgehead atoms. The number of aromatic nitrogens is 3. The molecule has 3 aromatic rings. The minimum atomic E-state index is -0.525. The number of benzene rings is 2. The summed E-state index contributed by atoms with van der Waals surface area (Å²) < 4.78 is 1.62. The third-order valence-electron chi connectivity index (χ3n) is 4.33. The molecule has 1 unspecified atom stereocenters. The van der Waals surface area contributed by atoms with Crippen LogP contribution in [0.25, 0.3) is 0 Å². The quantitative estimate of drug-likeness (QED) is 0.645. The number of fused-ring (bicyclic) bond motifs is 1. The second kappa shape index (κ2) is 6.77. The zero-order valence-corrected chi connectivity index (χ0v) is 15.1. The van der Waals surface area contributed by atoms with E-state index in [0.717, 1.165) is 5.56 Å². The second-order valence-corrected chi connectivity index (χ2v) is 6.59. The summed E-state index contributed by atoms with van der Waals surface area (Å²) in [5.74, 6) is 0.364. The number of nitrogens with zero attached hydrogens (tertiary/aromatic N) is 3. The van der Waals surface area contributed by atoms with E-state index in [9.17, 15) is 9.90 Å². The molecule has 1 aliphatic rings. The first-order valence-electron chi connectivity index (χ1n) is 8.26. The van der Waals surface area contributed by atoms with Crippen molar-refractivity contribution in [3.63, 3.8) is 0 Å². The van der Waals surface area contributed by atoms with Crippen LogP contribution in [0.4, 0.5) is 11.6 Å². The standard InChI is InChI=1S/C19H16ClN5O2/c1-11-16(18(27)24-14-7-5-13(20)6-8-14)17(12-3-2-4-15(26)9-12)25-19(23-11)21-10-22-25/h2-10,17,26H,1H3,(H,24,27)(H,21,22,23). The van der Waals surface area contributed by atoms with E-state index in [-0.39, 0.29) is 11.7 Å². The number of nitrogens with one attached hydrogen (secondary N) is 2. The summed E-state index contributed by atoms with van der Waals surface area (Å²) in [5, 5.41) is 20.7. The number of halogens is 1. The number of anilines is 2. The van der Waals surface area contributed by atoms with E-state index in [0.29, 0.717) is 27.9 Å².